The molecule has 0 aliphatic rings. The number of halogens is 1. The van der Waals surface area contributed by atoms with Crippen LogP contribution in [0.4, 0.5) is 0 Å². The van der Waals surface area contributed by atoms with E-state index in [0.29, 0.717) is 17.7 Å². The lowest BCUT2D eigenvalue weighted by molar-refractivity contribution is 0.00537. The molecule has 1 N–H and O–H groups in total. The van der Waals surface area contributed by atoms with Gasteiger partial charge in [-0.25, -0.2) is 0 Å². The Labute approximate surface area is 127 Å². The van der Waals surface area contributed by atoms with Crippen LogP contribution in [0.25, 0.3) is 0 Å². The van der Waals surface area contributed by atoms with Crippen molar-refractivity contribution in [3.05, 3.63) is 28.8 Å². The molecule has 20 heavy (non-hydrogen) atoms. The fourth-order valence-electron chi connectivity index (χ4n) is 1.67. The average Bonchev–Trinajstić information content (AvgIpc) is 2.38. The van der Waals surface area contributed by atoms with Gasteiger partial charge in [0.25, 0.3) is 0 Å². The molecule has 1 aromatic carbocycles. The minimum atomic E-state index is -0.183. The Hall–Kier alpha value is -0.770. The van der Waals surface area contributed by atoms with E-state index in [0.717, 1.165) is 24.3 Å². The molecule has 0 aliphatic carbocycles. The Morgan fingerprint density at radius 3 is 2.60 bits per heavy atom. The highest BCUT2D eigenvalue weighted by Crippen LogP contribution is 2.29. The summed E-state index contributed by atoms with van der Waals surface area (Å²) in [5, 5.41) is 4.04. The van der Waals surface area contributed by atoms with Crippen LogP contribution in [-0.2, 0) is 11.3 Å². The van der Waals surface area contributed by atoms with Gasteiger partial charge in [-0.1, -0.05) is 37.6 Å². The molecule has 0 unspecified atom stereocenters. The third-order valence-corrected chi connectivity index (χ3v) is 3.55. The number of nitrogens with one attached hydrogen (secondary N) is 1. The van der Waals surface area contributed by atoms with Gasteiger partial charge in [-0.2, -0.15) is 0 Å². The lowest BCUT2D eigenvalue weighted by atomic mass is 10.1. The molecule has 1 rings (SSSR count). The van der Waals surface area contributed by atoms with Crippen molar-refractivity contribution in [2.24, 2.45) is 0 Å². The number of benzene rings is 1. The third kappa shape index (κ3) is 5.70. The number of ether oxygens (including phenoxy) is 2. The van der Waals surface area contributed by atoms with Gasteiger partial charge in [-0.3, -0.25) is 0 Å². The van der Waals surface area contributed by atoms with Crippen molar-refractivity contribution in [3.8, 4) is 5.75 Å². The maximum Gasteiger partial charge on any atom is 0.142 e. The van der Waals surface area contributed by atoms with E-state index in [4.69, 9.17) is 21.1 Å². The Balaban J connectivity index is 2.68. The topological polar surface area (TPSA) is 30.5 Å². The second-order valence-electron chi connectivity index (χ2n) is 5.83. The van der Waals surface area contributed by atoms with Gasteiger partial charge in [0.1, 0.15) is 5.75 Å². The van der Waals surface area contributed by atoms with Crippen molar-refractivity contribution < 1.29 is 9.47 Å². The molecule has 0 atom stereocenters. The quantitative estimate of drug-likeness (QED) is 0.786. The van der Waals surface area contributed by atoms with Crippen LogP contribution in [0.5, 0.6) is 5.75 Å². The molecule has 0 amide bonds. The lowest BCUT2D eigenvalue weighted by Gasteiger charge is -2.23. The van der Waals surface area contributed by atoms with Crippen LogP contribution in [0, 0.1) is 0 Å². The molecule has 0 saturated carbocycles. The van der Waals surface area contributed by atoms with E-state index in [2.05, 4.69) is 19.2 Å². The molecule has 1 aromatic rings. The zero-order chi connectivity index (χ0) is 15.2. The van der Waals surface area contributed by atoms with Crippen LogP contribution in [0.1, 0.15) is 39.7 Å². The van der Waals surface area contributed by atoms with E-state index < -0.39 is 0 Å². The number of para-hydroxylation sites is 1. The first kappa shape index (κ1) is 17.3. The monoisotopic (exact) mass is 299 g/mol. The van der Waals surface area contributed by atoms with Gasteiger partial charge in [-0.05, 0) is 19.9 Å². The SMILES string of the molecule is COC(C)(C)CCOc1c(Cl)cccc1CNC(C)C. The van der Waals surface area contributed by atoms with Crippen molar-refractivity contribution in [2.75, 3.05) is 13.7 Å². The molecular formula is C16H26ClNO2. The number of rotatable bonds is 8. The van der Waals surface area contributed by atoms with Crippen LogP contribution in [0.3, 0.4) is 0 Å². The highest BCUT2D eigenvalue weighted by atomic mass is 35.5. The van der Waals surface area contributed by atoms with Crippen molar-refractivity contribution in [2.45, 2.75) is 52.3 Å². The number of hydrogen-bond donors (Lipinski definition) is 1. The molecule has 0 spiro atoms. The summed E-state index contributed by atoms with van der Waals surface area (Å²) in [5.41, 5.74) is 0.902. The predicted molar refractivity (Wildman–Crippen MR) is 84.6 cm³/mol. The summed E-state index contributed by atoms with van der Waals surface area (Å²) in [6.45, 7) is 9.66. The van der Waals surface area contributed by atoms with Gasteiger partial charge >= 0.3 is 0 Å². The summed E-state index contributed by atoms with van der Waals surface area (Å²) < 4.78 is 11.3. The standard InChI is InChI=1S/C16H26ClNO2/c1-12(2)18-11-13-7-6-8-14(17)15(13)20-10-9-16(3,4)19-5/h6-8,12,18H,9-11H2,1-5H3. The van der Waals surface area contributed by atoms with Gasteiger partial charge < -0.3 is 14.8 Å². The minimum Gasteiger partial charge on any atom is -0.492 e. The van der Waals surface area contributed by atoms with Crippen LogP contribution in [0.2, 0.25) is 5.02 Å². The van der Waals surface area contributed by atoms with Crippen molar-refractivity contribution in [1.29, 1.82) is 0 Å². The molecule has 0 saturated heterocycles. The molecule has 4 heteroatoms. The summed E-state index contributed by atoms with van der Waals surface area (Å²) in [5.74, 6) is 0.772. The first-order valence-electron chi connectivity index (χ1n) is 7.04. The predicted octanol–water partition coefficient (Wildman–Crippen LogP) is 4.03. The minimum absolute atomic E-state index is 0.183. The molecular weight excluding hydrogens is 274 g/mol. The van der Waals surface area contributed by atoms with E-state index in [-0.39, 0.29) is 5.60 Å². The van der Waals surface area contributed by atoms with Crippen LogP contribution < -0.4 is 10.1 Å². The molecule has 114 valence electrons. The first-order chi connectivity index (χ1) is 9.35. The maximum atomic E-state index is 6.24. The van der Waals surface area contributed by atoms with Crippen LogP contribution >= 0.6 is 11.6 Å². The number of hydrogen-bond acceptors (Lipinski definition) is 3. The van der Waals surface area contributed by atoms with Gasteiger partial charge in [0.2, 0.25) is 0 Å². The Kier molecular flexibility index (Phi) is 6.80. The van der Waals surface area contributed by atoms with E-state index in [1.54, 1.807) is 7.11 Å². The van der Waals surface area contributed by atoms with Gasteiger partial charge in [0.05, 0.1) is 17.2 Å². The summed E-state index contributed by atoms with van der Waals surface area (Å²) in [6, 6.07) is 6.27. The summed E-state index contributed by atoms with van der Waals surface area (Å²) in [7, 11) is 1.72. The van der Waals surface area contributed by atoms with Crippen molar-refractivity contribution in [3.63, 3.8) is 0 Å². The Morgan fingerprint density at radius 1 is 1.30 bits per heavy atom. The zero-order valence-corrected chi connectivity index (χ0v) is 13.9. The smallest absolute Gasteiger partial charge is 0.142 e. The molecule has 0 fully saturated rings. The maximum absolute atomic E-state index is 6.24. The molecule has 0 aliphatic heterocycles. The molecule has 0 bridgehead atoms. The zero-order valence-electron chi connectivity index (χ0n) is 13.1. The van der Waals surface area contributed by atoms with E-state index in [9.17, 15) is 0 Å². The first-order valence-corrected chi connectivity index (χ1v) is 7.42. The third-order valence-electron chi connectivity index (χ3n) is 3.25. The fraction of sp³-hybridized carbons (Fsp3) is 0.625. The van der Waals surface area contributed by atoms with E-state index in [1.165, 1.54) is 0 Å². The second-order valence-corrected chi connectivity index (χ2v) is 6.23. The van der Waals surface area contributed by atoms with Gasteiger partial charge in [0, 0.05) is 31.7 Å². The largest absolute Gasteiger partial charge is 0.492 e. The Bertz CT molecular complexity index is 419. The van der Waals surface area contributed by atoms with Crippen molar-refractivity contribution >= 4 is 11.6 Å². The molecule has 0 radical (unpaired) electrons. The van der Waals surface area contributed by atoms with Gasteiger partial charge in [0.15, 0.2) is 0 Å². The molecule has 0 aromatic heterocycles. The highest BCUT2D eigenvalue weighted by molar-refractivity contribution is 6.32. The van der Waals surface area contributed by atoms with E-state index >= 15 is 0 Å². The molecule has 0 heterocycles. The van der Waals surface area contributed by atoms with E-state index in [1.807, 2.05) is 32.0 Å². The Morgan fingerprint density at radius 2 is 2.00 bits per heavy atom. The van der Waals surface area contributed by atoms with Gasteiger partial charge in [-0.15, -0.1) is 0 Å². The average molecular weight is 300 g/mol. The lowest BCUT2D eigenvalue weighted by Crippen LogP contribution is -2.25. The normalized spacial score (nSPS) is 11.9. The van der Waals surface area contributed by atoms with Crippen LogP contribution in [0.15, 0.2) is 18.2 Å². The summed E-state index contributed by atoms with van der Waals surface area (Å²) >= 11 is 6.24. The summed E-state index contributed by atoms with van der Waals surface area (Å²) in [4.78, 5) is 0. The second kappa shape index (κ2) is 7.87. The number of methoxy groups -OCH3 is 1. The van der Waals surface area contributed by atoms with Crippen LogP contribution in [-0.4, -0.2) is 25.4 Å². The van der Waals surface area contributed by atoms with Crippen molar-refractivity contribution in [1.82, 2.24) is 5.32 Å². The fourth-order valence-corrected chi connectivity index (χ4v) is 1.92. The molecule has 3 nitrogen and oxygen atoms in total. The highest BCUT2D eigenvalue weighted by Gasteiger charge is 2.17. The summed E-state index contributed by atoms with van der Waals surface area (Å²) in [6.07, 6.45) is 0.811.